The summed E-state index contributed by atoms with van der Waals surface area (Å²) in [6.45, 7) is 4.95. The molecular formula is C14H25N3O4. The van der Waals surface area contributed by atoms with Gasteiger partial charge in [0.1, 0.15) is 0 Å². The third-order valence-corrected chi connectivity index (χ3v) is 3.20. The first-order valence-electron chi connectivity index (χ1n) is 7.38. The summed E-state index contributed by atoms with van der Waals surface area (Å²) in [5.41, 5.74) is 0. The second kappa shape index (κ2) is 8.61. The van der Waals surface area contributed by atoms with Crippen molar-refractivity contribution in [3.05, 3.63) is 0 Å². The number of carboxylic acids is 1. The second-order valence-corrected chi connectivity index (χ2v) is 5.99. The minimum absolute atomic E-state index is 0.0690. The first-order valence-corrected chi connectivity index (χ1v) is 7.38. The van der Waals surface area contributed by atoms with E-state index in [2.05, 4.69) is 10.6 Å². The van der Waals surface area contributed by atoms with Crippen LogP contribution in [0.1, 0.15) is 33.1 Å². The van der Waals surface area contributed by atoms with Crippen molar-refractivity contribution in [3.63, 3.8) is 0 Å². The number of rotatable bonds is 9. The van der Waals surface area contributed by atoms with Crippen molar-refractivity contribution < 1.29 is 19.5 Å². The van der Waals surface area contributed by atoms with Gasteiger partial charge < -0.3 is 10.4 Å². The summed E-state index contributed by atoms with van der Waals surface area (Å²) >= 11 is 0. The fourth-order valence-electron chi connectivity index (χ4n) is 1.93. The van der Waals surface area contributed by atoms with Gasteiger partial charge in [-0.25, -0.2) is 4.79 Å². The Bertz CT molecular complexity index is 380. The van der Waals surface area contributed by atoms with Crippen molar-refractivity contribution in [3.8, 4) is 0 Å². The highest BCUT2D eigenvalue weighted by Crippen LogP contribution is 2.29. The monoisotopic (exact) mass is 299 g/mol. The minimum atomic E-state index is -0.968. The summed E-state index contributed by atoms with van der Waals surface area (Å²) in [5.74, 6) is -0.480. The lowest BCUT2D eigenvalue weighted by atomic mass is 10.1. The van der Waals surface area contributed by atoms with Gasteiger partial charge in [-0.1, -0.05) is 13.8 Å². The average molecular weight is 299 g/mol. The topological polar surface area (TPSA) is 98.7 Å². The Hall–Kier alpha value is -1.63. The number of carbonyl (C=O) groups excluding carboxylic acids is 2. The molecule has 120 valence electrons. The van der Waals surface area contributed by atoms with E-state index in [1.807, 2.05) is 13.8 Å². The number of hydrogen-bond acceptors (Lipinski definition) is 4. The Labute approximate surface area is 125 Å². The predicted molar refractivity (Wildman–Crippen MR) is 77.8 cm³/mol. The third-order valence-electron chi connectivity index (χ3n) is 3.20. The molecule has 1 aliphatic carbocycles. The van der Waals surface area contributed by atoms with Gasteiger partial charge in [-0.15, -0.1) is 0 Å². The number of imide groups is 1. The second-order valence-electron chi connectivity index (χ2n) is 5.99. The van der Waals surface area contributed by atoms with Gasteiger partial charge in [-0.05, 0) is 31.1 Å². The highest BCUT2D eigenvalue weighted by Gasteiger charge is 2.26. The molecule has 3 amide bonds. The van der Waals surface area contributed by atoms with Crippen LogP contribution in [0.2, 0.25) is 0 Å². The average Bonchev–Trinajstić information content (AvgIpc) is 3.10. The summed E-state index contributed by atoms with van der Waals surface area (Å²) in [7, 11) is 0. The van der Waals surface area contributed by atoms with Crippen LogP contribution in [-0.4, -0.2) is 54.1 Å². The molecule has 0 bridgehead atoms. The number of carbonyl (C=O) groups is 3. The maximum atomic E-state index is 11.7. The van der Waals surface area contributed by atoms with E-state index in [1.165, 1.54) is 0 Å². The Kier molecular flexibility index (Phi) is 7.14. The van der Waals surface area contributed by atoms with Crippen LogP contribution in [0.3, 0.4) is 0 Å². The van der Waals surface area contributed by atoms with Crippen LogP contribution in [0.25, 0.3) is 0 Å². The summed E-state index contributed by atoms with van der Waals surface area (Å²) in [4.78, 5) is 35.6. The van der Waals surface area contributed by atoms with E-state index in [1.54, 1.807) is 4.90 Å². The Balaban J connectivity index is 2.27. The van der Waals surface area contributed by atoms with Crippen LogP contribution in [-0.2, 0) is 9.59 Å². The van der Waals surface area contributed by atoms with Gasteiger partial charge in [0.2, 0.25) is 5.91 Å². The number of carboxylic acid groups (broad SMARTS) is 1. The molecule has 0 aliphatic heterocycles. The molecule has 0 aromatic carbocycles. The van der Waals surface area contributed by atoms with Crippen LogP contribution < -0.4 is 10.6 Å². The summed E-state index contributed by atoms with van der Waals surface area (Å²) in [5, 5.41) is 13.7. The van der Waals surface area contributed by atoms with Crippen LogP contribution in [0.15, 0.2) is 0 Å². The lowest BCUT2D eigenvalue weighted by Crippen LogP contribution is -2.46. The van der Waals surface area contributed by atoms with Gasteiger partial charge >= 0.3 is 12.0 Å². The molecule has 0 heterocycles. The molecule has 0 aromatic heterocycles. The molecule has 0 radical (unpaired) electrons. The zero-order chi connectivity index (χ0) is 15.8. The standard InChI is InChI=1S/C14H25N3O4/c1-10(2)5-6-15-14(21)16-12(18)8-17(9-13(19)20)7-11-3-4-11/h10-11H,3-9H2,1-2H3,(H,19,20)(H2,15,16,18,21). The molecule has 1 fully saturated rings. The number of urea groups is 1. The zero-order valence-corrected chi connectivity index (χ0v) is 12.7. The highest BCUT2D eigenvalue weighted by atomic mass is 16.4. The van der Waals surface area contributed by atoms with Crippen molar-refractivity contribution >= 4 is 17.9 Å². The van der Waals surface area contributed by atoms with Crippen molar-refractivity contribution in [2.45, 2.75) is 33.1 Å². The smallest absolute Gasteiger partial charge is 0.321 e. The van der Waals surface area contributed by atoms with E-state index in [0.717, 1.165) is 19.3 Å². The van der Waals surface area contributed by atoms with E-state index in [9.17, 15) is 14.4 Å². The molecule has 7 nitrogen and oxygen atoms in total. The van der Waals surface area contributed by atoms with Crippen LogP contribution in [0, 0.1) is 11.8 Å². The molecule has 0 saturated heterocycles. The molecule has 1 saturated carbocycles. The van der Waals surface area contributed by atoms with Gasteiger partial charge in [0, 0.05) is 13.1 Å². The normalized spacial score (nSPS) is 14.3. The summed E-state index contributed by atoms with van der Waals surface area (Å²) in [6, 6.07) is -0.526. The SMILES string of the molecule is CC(C)CCNC(=O)NC(=O)CN(CC(=O)O)CC1CC1. The van der Waals surface area contributed by atoms with Gasteiger partial charge in [0.25, 0.3) is 0 Å². The number of nitrogens with zero attached hydrogens (tertiary/aromatic N) is 1. The maximum Gasteiger partial charge on any atom is 0.321 e. The lowest BCUT2D eigenvalue weighted by Gasteiger charge is -2.19. The fraction of sp³-hybridized carbons (Fsp3) is 0.786. The molecule has 1 aliphatic rings. The molecule has 0 spiro atoms. The van der Waals surface area contributed by atoms with Crippen molar-refractivity contribution in [1.29, 1.82) is 0 Å². The van der Waals surface area contributed by atoms with Crippen molar-refractivity contribution in [2.75, 3.05) is 26.2 Å². The molecule has 0 aromatic rings. The van der Waals surface area contributed by atoms with E-state index in [4.69, 9.17) is 5.11 Å². The van der Waals surface area contributed by atoms with Gasteiger partial charge in [-0.2, -0.15) is 0 Å². The van der Waals surface area contributed by atoms with Gasteiger partial charge in [-0.3, -0.25) is 19.8 Å². The van der Waals surface area contributed by atoms with Crippen LogP contribution >= 0.6 is 0 Å². The third kappa shape index (κ3) is 9.01. The molecule has 1 rings (SSSR count). The first kappa shape index (κ1) is 17.4. The molecular weight excluding hydrogens is 274 g/mol. The fourth-order valence-corrected chi connectivity index (χ4v) is 1.93. The Morgan fingerprint density at radius 2 is 1.90 bits per heavy atom. The first-order chi connectivity index (χ1) is 9.86. The molecule has 0 unspecified atom stereocenters. The Morgan fingerprint density at radius 1 is 1.24 bits per heavy atom. The minimum Gasteiger partial charge on any atom is -0.480 e. The number of hydrogen-bond donors (Lipinski definition) is 3. The van der Waals surface area contributed by atoms with E-state index >= 15 is 0 Å². The largest absolute Gasteiger partial charge is 0.480 e. The molecule has 0 atom stereocenters. The summed E-state index contributed by atoms with van der Waals surface area (Å²) in [6.07, 6.45) is 3.00. The maximum absolute atomic E-state index is 11.7. The Morgan fingerprint density at radius 3 is 2.43 bits per heavy atom. The molecule has 21 heavy (non-hydrogen) atoms. The van der Waals surface area contributed by atoms with Gasteiger partial charge in [0.15, 0.2) is 0 Å². The number of amides is 3. The van der Waals surface area contributed by atoms with Crippen molar-refractivity contribution in [1.82, 2.24) is 15.5 Å². The number of aliphatic carboxylic acids is 1. The summed E-state index contributed by atoms with van der Waals surface area (Å²) < 4.78 is 0. The van der Waals surface area contributed by atoms with E-state index < -0.39 is 17.9 Å². The van der Waals surface area contributed by atoms with Crippen LogP contribution in [0.5, 0.6) is 0 Å². The van der Waals surface area contributed by atoms with E-state index in [0.29, 0.717) is 24.9 Å². The predicted octanol–water partition coefficient (Wildman–Crippen LogP) is 0.655. The van der Waals surface area contributed by atoms with Crippen molar-refractivity contribution in [2.24, 2.45) is 11.8 Å². The zero-order valence-electron chi connectivity index (χ0n) is 12.7. The molecule has 7 heteroatoms. The number of nitrogens with one attached hydrogen (secondary N) is 2. The highest BCUT2D eigenvalue weighted by molar-refractivity contribution is 5.95. The van der Waals surface area contributed by atoms with Crippen LogP contribution in [0.4, 0.5) is 4.79 Å². The quantitative estimate of drug-likeness (QED) is 0.581. The molecule has 3 N–H and O–H groups in total. The lowest BCUT2D eigenvalue weighted by molar-refractivity contribution is -0.138. The van der Waals surface area contributed by atoms with Gasteiger partial charge in [0.05, 0.1) is 13.1 Å². The van der Waals surface area contributed by atoms with E-state index in [-0.39, 0.29) is 13.1 Å².